The summed E-state index contributed by atoms with van der Waals surface area (Å²) in [4.78, 5) is 0. The first-order valence-electron chi connectivity index (χ1n) is 6.85. The van der Waals surface area contributed by atoms with Crippen molar-refractivity contribution in [2.75, 3.05) is 0 Å². The summed E-state index contributed by atoms with van der Waals surface area (Å²) in [5.41, 5.74) is 6.20. The van der Waals surface area contributed by atoms with E-state index in [1.807, 2.05) is 0 Å². The minimum absolute atomic E-state index is 0.425. The molecule has 0 aliphatic carbocycles. The van der Waals surface area contributed by atoms with Crippen LogP contribution in [0.25, 0.3) is 0 Å². The highest BCUT2D eigenvalue weighted by Crippen LogP contribution is 2.53. The van der Waals surface area contributed by atoms with E-state index in [0.717, 1.165) is 0 Å². The molecule has 116 valence electrons. The third-order valence-corrected chi connectivity index (χ3v) is 4.22. The van der Waals surface area contributed by atoms with E-state index in [1.165, 1.54) is 0 Å². The maximum absolute atomic E-state index is 10.6. The predicted molar refractivity (Wildman–Crippen MR) is 77.3 cm³/mol. The quantitative estimate of drug-likeness (QED) is 0.439. The highest BCUT2D eigenvalue weighted by molar-refractivity contribution is 5.11. The Kier molecular flexibility index (Phi) is 5.60. The Morgan fingerprint density at radius 2 is 1.11 bits per heavy atom. The molecule has 5 nitrogen and oxygen atoms in total. The van der Waals surface area contributed by atoms with Gasteiger partial charge in [0.25, 0.3) is 0 Å². The average Bonchev–Trinajstić information content (AvgIpc) is 2.04. The highest BCUT2D eigenvalue weighted by atomic mass is 16.3. The van der Waals surface area contributed by atoms with Gasteiger partial charge in [-0.3, -0.25) is 0 Å². The monoisotopic (exact) mass is 276 g/mol. The van der Waals surface area contributed by atoms with E-state index in [1.54, 1.807) is 41.5 Å². The number of hydrogen-bond donors (Lipinski definition) is 5. The first-order valence-corrected chi connectivity index (χ1v) is 6.85. The van der Waals surface area contributed by atoms with Crippen LogP contribution in [-0.2, 0) is 0 Å². The highest BCUT2D eigenvalue weighted by Gasteiger charge is 2.61. The number of aliphatic hydroxyl groups is 3. The van der Waals surface area contributed by atoms with Crippen LogP contribution in [0.5, 0.6) is 0 Å². The molecule has 0 aromatic carbocycles. The van der Waals surface area contributed by atoms with Gasteiger partial charge in [0.1, 0.15) is 0 Å². The van der Waals surface area contributed by atoms with Gasteiger partial charge in [-0.25, -0.2) is 0 Å². The molecule has 0 bridgehead atoms. The van der Waals surface area contributed by atoms with Crippen LogP contribution in [-0.4, -0.2) is 38.3 Å². The van der Waals surface area contributed by atoms with Crippen molar-refractivity contribution in [3.8, 4) is 0 Å². The lowest BCUT2D eigenvalue weighted by molar-refractivity contribution is -0.251. The van der Waals surface area contributed by atoms with Crippen molar-refractivity contribution < 1.29 is 15.3 Å². The summed E-state index contributed by atoms with van der Waals surface area (Å²) in [6, 6.07) is 0. The van der Waals surface area contributed by atoms with E-state index in [0.29, 0.717) is 19.3 Å². The summed E-state index contributed by atoms with van der Waals surface area (Å²) in [5, 5.41) is 31.7. The Bertz CT molecular complexity index is 246. The van der Waals surface area contributed by atoms with Crippen LogP contribution in [0.4, 0.5) is 0 Å². The zero-order chi connectivity index (χ0) is 15.7. The maximum Gasteiger partial charge on any atom is 0.0702 e. The minimum Gasteiger partial charge on any atom is -0.390 e. The lowest BCUT2D eigenvalue weighted by atomic mass is 9.53. The molecular weight excluding hydrogens is 244 g/mol. The summed E-state index contributed by atoms with van der Waals surface area (Å²) in [7, 11) is 0. The second-order valence-corrected chi connectivity index (χ2v) is 7.14. The summed E-state index contributed by atoms with van der Waals surface area (Å²) in [5.74, 6) is 0. The van der Waals surface area contributed by atoms with Gasteiger partial charge < -0.3 is 26.8 Å². The molecule has 0 saturated carbocycles. The molecule has 0 unspecified atom stereocenters. The summed E-state index contributed by atoms with van der Waals surface area (Å²) in [6.45, 7) is 9.70. The van der Waals surface area contributed by atoms with E-state index < -0.39 is 28.4 Å². The number of hydrogen-bond acceptors (Lipinski definition) is 5. The molecule has 19 heavy (non-hydrogen) atoms. The van der Waals surface area contributed by atoms with E-state index in [9.17, 15) is 15.3 Å². The van der Waals surface area contributed by atoms with Crippen LogP contribution in [0.3, 0.4) is 0 Å². The van der Waals surface area contributed by atoms with E-state index in [4.69, 9.17) is 11.5 Å². The van der Waals surface area contributed by atoms with E-state index in [-0.39, 0.29) is 0 Å². The SMILES string of the molecule is CC(C)(O)C(CCCC(N)N)(C(C)(C)O)C(C)(C)O. The van der Waals surface area contributed by atoms with Crippen LogP contribution in [0.2, 0.25) is 0 Å². The van der Waals surface area contributed by atoms with Crippen molar-refractivity contribution in [3.63, 3.8) is 0 Å². The molecule has 0 spiro atoms. The molecule has 0 amide bonds. The first-order chi connectivity index (χ1) is 8.17. The second-order valence-electron chi connectivity index (χ2n) is 7.14. The Morgan fingerprint density at radius 3 is 1.32 bits per heavy atom. The summed E-state index contributed by atoms with van der Waals surface area (Å²) < 4.78 is 0. The van der Waals surface area contributed by atoms with Gasteiger partial charge in [0, 0.05) is 0 Å². The predicted octanol–water partition coefficient (Wildman–Crippen LogP) is 0.699. The molecule has 5 heteroatoms. The zero-order valence-corrected chi connectivity index (χ0v) is 13.2. The average molecular weight is 276 g/mol. The fourth-order valence-corrected chi connectivity index (χ4v) is 3.77. The summed E-state index contributed by atoms with van der Waals surface area (Å²) in [6.07, 6.45) is 1.19. The standard InChI is InChI=1S/C14H32N2O3/c1-11(2,17)14(12(3,4)18,13(5,6)19)9-7-8-10(15)16/h10,17-19H,7-9,15-16H2,1-6H3. The molecule has 0 heterocycles. The van der Waals surface area contributed by atoms with Crippen molar-refractivity contribution in [3.05, 3.63) is 0 Å². The Hall–Kier alpha value is -0.200. The third kappa shape index (κ3) is 3.89. The smallest absolute Gasteiger partial charge is 0.0702 e. The van der Waals surface area contributed by atoms with Crippen molar-refractivity contribution >= 4 is 0 Å². The normalized spacial score (nSPS) is 15.2. The molecule has 0 aliphatic heterocycles. The van der Waals surface area contributed by atoms with Crippen LogP contribution in [0, 0.1) is 5.41 Å². The van der Waals surface area contributed by atoms with Crippen molar-refractivity contribution in [2.24, 2.45) is 16.9 Å². The minimum atomic E-state index is -1.26. The molecule has 0 radical (unpaired) electrons. The van der Waals surface area contributed by atoms with Gasteiger partial charge in [0.2, 0.25) is 0 Å². The van der Waals surface area contributed by atoms with Gasteiger partial charge >= 0.3 is 0 Å². The Balaban J connectivity index is 5.56. The van der Waals surface area contributed by atoms with Gasteiger partial charge in [-0.1, -0.05) is 0 Å². The largest absolute Gasteiger partial charge is 0.390 e. The van der Waals surface area contributed by atoms with Gasteiger partial charge in [-0.2, -0.15) is 0 Å². The van der Waals surface area contributed by atoms with Crippen molar-refractivity contribution in [1.29, 1.82) is 0 Å². The maximum atomic E-state index is 10.6. The van der Waals surface area contributed by atoms with Gasteiger partial charge in [-0.15, -0.1) is 0 Å². The number of nitrogens with two attached hydrogens (primary N) is 2. The topological polar surface area (TPSA) is 113 Å². The molecular formula is C14H32N2O3. The fourth-order valence-electron chi connectivity index (χ4n) is 3.77. The molecule has 0 fully saturated rings. The number of rotatable bonds is 7. The Morgan fingerprint density at radius 1 is 0.789 bits per heavy atom. The third-order valence-electron chi connectivity index (χ3n) is 4.22. The lowest BCUT2D eigenvalue weighted by Gasteiger charge is -2.57. The van der Waals surface area contributed by atoms with Crippen LogP contribution >= 0.6 is 0 Å². The lowest BCUT2D eigenvalue weighted by Crippen LogP contribution is -2.67. The molecule has 0 aromatic heterocycles. The fraction of sp³-hybridized carbons (Fsp3) is 1.00. The second kappa shape index (κ2) is 5.66. The van der Waals surface area contributed by atoms with Gasteiger partial charge in [-0.05, 0) is 60.8 Å². The van der Waals surface area contributed by atoms with Crippen LogP contribution < -0.4 is 11.5 Å². The molecule has 0 aromatic rings. The molecule has 0 aliphatic rings. The van der Waals surface area contributed by atoms with Gasteiger partial charge in [0.05, 0.1) is 28.4 Å². The molecule has 0 atom stereocenters. The van der Waals surface area contributed by atoms with Gasteiger partial charge in [0.15, 0.2) is 0 Å². The zero-order valence-electron chi connectivity index (χ0n) is 13.2. The molecule has 0 rings (SSSR count). The van der Waals surface area contributed by atoms with Crippen LogP contribution in [0.15, 0.2) is 0 Å². The van der Waals surface area contributed by atoms with E-state index in [2.05, 4.69) is 0 Å². The first kappa shape index (κ1) is 18.8. The molecule has 0 saturated heterocycles. The summed E-state index contributed by atoms with van der Waals surface area (Å²) >= 11 is 0. The Labute approximate surface area is 117 Å². The van der Waals surface area contributed by atoms with Crippen molar-refractivity contribution in [2.45, 2.75) is 83.8 Å². The van der Waals surface area contributed by atoms with E-state index >= 15 is 0 Å². The van der Waals surface area contributed by atoms with Crippen LogP contribution in [0.1, 0.15) is 60.8 Å². The van der Waals surface area contributed by atoms with Crippen molar-refractivity contribution in [1.82, 2.24) is 0 Å². The molecule has 7 N–H and O–H groups in total.